The molecule has 1 rings (SSSR count). The highest BCUT2D eigenvalue weighted by molar-refractivity contribution is 5.74. The molecule has 0 saturated heterocycles. The Morgan fingerprint density at radius 1 is 1.31 bits per heavy atom. The zero-order valence-electron chi connectivity index (χ0n) is 10.5. The second-order valence-electron chi connectivity index (χ2n) is 5.58. The molecule has 0 heterocycles. The lowest BCUT2D eigenvalue weighted by atomic mass is 9.70. The largest absolute Gasteiger partial charge is 0.481 e. The van der Waals surface area contributed by atoms with Crippen LogP contribution in [0, 0.1) is 5.41 Å². The minimum Gasteiger partial charge on any atom is -0.481 e. The maximum atomic E-state index is 11.3. The van der Waals surface area contributed by atoms with Crippen LogP contribution in [-0.4, -0.2) is 21.8 Å². The molecule has 2 N–H and O–H groups in total. The average Bonchev–Trinajstić information content (AvgIpc) is 2.17. The fourth-order valence-corrected chi connectivity index (χ4v) is 2.94. The third-order valence-corrected chi connectivity index (χ3v) is 3.82. The van der Waals surface area contributed by atoms with Gasteiger partial charge in [-0.3, -0.25) is 4.79 Å². The quantitative estimate of drug-likeness (QED) is 0.760. The van der Waals surface area contributed by atoms with Crippen LogP contribution in [0.5, 0.6) is 0 Å². The van der Waals surface area contributed by atoms with E-state index < -0.39 is 17.0 Å². The molecule has 0 amide bonds. The van der Waals surface area contributed by atoms with Crippen LogP contribution < -0.4 is 0 Å². The van der Waals surface area contributed by atoms with Crippen molar-refractivity contribution in [3.8, 4) is 0 Å². The van der Waals surface area contributed by atoms with Crippen LogP contribution in [-0.2, 0) is 4.79 Å². The van der Waals surface area contributed by atoms with Gasteiger partial charge in [-0.05, 0) is 32.6 Å². The Bertz CT molecular complexity index is 244. The smallest absolute Gasteiger partial charge is 0.309 e. The van der Waals surface area contributed by atoms with Gasteiger partial charge in [-0.2, -0.15) is 0 Å². The van der Waals surface area contributed by atoms with Gasteiger partial charge in [0.25, 0.3) is 0 Å². The number of rotatable bonds is 5. The average molecular weight is 228 g/mol. The van der Waals surface area contributed by atoms with Gasteiger partial charge in [0, 0.05) is 0 Å². The fourth-order valence-electron chi connectivity index (χ4n) is 2.94. The van der Waals surface area contributed by atoms with Crippen LogP contribution >= 0.6 is 0 Å². The lowest BCUT2D eigenvalue weighted by molar-refractivity contribution is -0.154. The molecule has 0 bridgehead atoms. The number of aliphatic hydroxyl groups is 1. The maximum absolute atomic E-state index is 11.3. The van der Waals surface area contributed by atoms with Gasteiger partial charge < -0.3 is 10.2 Å². The van der Waals surface area contributed by atoms with Crippen LogP contribution in [0.1, 0.15) is 65.2 Å². The number of hydrogen-bond acceptors (Lipinski definition) is 2. The first-order valence-electron chi connectivity index (χ1n) is 6.38. The normalized spacial score (nSPS) is 23.7. The summed E-state index contributed by atoms with van der Waals surface area (Å²) in [6.07, 6.45) is 6.64. The molecule has 0 aromatic carbocycles. The van der Waals surface area contributed by atoms with Gasteiger partial charge in [0.05, 0.1) is 11.0 Å². The SMILES string of the molecule is CCCC(C)(CC1(O)CCCCC1)C(=O)O. The van der Waals surface area contributed by atoms with Gasteiger partial charge >= 0.3 is 5.97 Å². The highest BCUT2D eigenvalue weighted by Crippen LogP contribution is 2.40. The van der Waals surface area contributed by atoms with E-state index in [0.717, 1.165) is 32.1 Å². The Hall–Kier alpha value is -0.570. The summed E-state index contributed by atoms with van der Waals surface area (Å²) in [7, 11) is 0. The summed E-state index contributed by atoms with van der Waals surface area (Å²) in [5.74, 6) is -0.770. The molecule has 0 aromatic heterocycles. The molecule has 1 aliphatic rings. The molecule has 0 aromatic rings. The molecular formula is C13H24O3. The molecule has 1 aliphatic carbocycles. The van der Waals surface area contributed by atoms with Gasteiger partial charge in [0.1, 0.15) is 0 Å². The van der Waals surface area contributed by atoms with Gasteiger partial charge in [0.2, 0.25) is 0 Å². The molecule has 16 heavy (non-hydrogen) atoms. The van der Waals surface area contributed by atoms with E-state index in [4.69, 9.17) is 0 Å². The van der Waals surface area contributed by atoms with Gasteiger partial charge in [-0.25, -0.2) is 0 Å². The van der Waals surface area contributed by atoms with Crippen molar-refractivity contribution in [2.75, 3.05) is 0 Å². The van der Waals surface area contributed by atoms with Crippen LogP contribution in [0.4, 0.5) is 0 Å². The third kappa shape index (κ3) is 3.21. The highest BCUT2D eigenvalue weighted by Gasteiger charge is 2.41. The zero-order valence-corrected chi connectivity index (χ0v) is 10.5. The molecule has 0 spiro atoms. The van der Waals surface area contributed by atoms with Crippen molar-refractivity contribution < 1.29 is 15.0 Å². The molecule has 0 aliphatic heterocycles. The number of hydrogen-bond donors (Lipinski definition) is 2. The number of carboxylic acid groups (broad SMARTS) is 1. The number of aliphatic carboxylic acids is 1. The Morgan fingerprint density at radius 2 is 1.88 bits per heavy atom. The predicted molar refractivity (Wildman–Crippen MR) is 63.3 cm³/mol. The van der Waals surface area contributed by atoms with Gasteiger partial charge in [-0.15, -0.1) is 0 Å². The highest BCUT2D eigenvalue weighted by atomic mass is 16.4. The van der Waals surface area contributed by atoms with Gasteiger partial charge in [-0.1, -0.05) is 32.6 Å². The van der Waals surface area contributed by atoms with Gasteiger partial charge in [0.15, 0.2) is 0 Å². The summed E-state index contributed by atoms with van der Waals surface area (Å²) < 4.78 is 0. The molecule has 1 fully saturated rings. The lowest BCUT2D eigenvalue weighted by Crippen LogP contribution is -2.41. The molecule has 94 valence electrons. The predicted octanol–water partition coefficient (Wildman–Crippen LogP) is 2.96. The maximum Gasteiger partial charge on any atom is 0.309 e. The summed E-state index contributed by atoms with van der Waals surface area (Å²) in [5, 5.41) is 19.7. The second-order valence-corrected chi connectivity index (χ2v) is 5.58. The first kappa shape index (κ1) is 13.5. The number of carboxylic acids is 1. The van der Waals surface area contributed by atoms with Crippen LogP contribution in [0.2, 0.25) is 0 Å². The fraction of sp³-hybridized carbons (Fsp3) is 0.923. The van der Waals surface area contributed by atoms with Crippen molar-refractivity contribution in [2.45, 2.75) is 70.8 Å². The second kappa shape index (κ2) is 5.17. The van der Waals surface area contributed by atoms with Crippen molar-refractivity contribution >= 4 is 5.97 Å². The Morgan fingerprint density at radius 3 is 2.31 bits per heavy atom. The van der Waals surface area contributed by atoms with Crippen molar-refractivity contribution in [2.24, 2.45) is 5.41 Å². The monoisotopic (exact) mass is 228 g/mol. The zero-order chi connectivity index (χ0) is 12.2. The topological polar surface area (TPSA) is 57.5 Å². The van der Waals surface area contributed by atoms with E-state index >= 15 is 0 Å². The van der Waals surface area contributed by atoms with Crippen molar-refractivity contribution in [3.05, 3.63) is 0 Å². The molecule has 1 unspecified atom stereocenters. The molecule has 3 nitrogen and oxygen atoms in total. The Labute approximate surface area is 97.9 Å². The van der Waals surface area contributed by atoms with E-state index in [-0.39, 0.29) is 0 Å². The van der Waals surface area contributed by atoms with Crippen LogP contribution in [0.25, 0.3) is 0 Å². The molecule has 1 saturated carbocycles. The van der Waals surface area contributed by atoms with Crippen molar-refractivity contribution in [1.29, 1.82) is 0 Å². The first-order valence-corrected chi connectivity index (χ1v) is 6.38. The van der Waals surface area contributed by atoms with E-state index in [9.17, 15) is 15.0 Å². The van der Waals surface area contributed by atoms with E-state index in [1.807, 2.05) is 6.92 Å². The van der Waals surface area contributed by atoms with Crippen LogP contribution in [0.15, 0.2) is 0 Å². The molecule has 0 radical (unpaired) electrons. The minimum absolute atomic E-state index is 0.406. The lowest BCUT2D eigenvalue weighted by Gasteiger charge is -2.38. The first-order chi connectivity index (χ1) is 7.42. The van der Waals surface area contributed by atoms with E-state index in [1.165, 1.54) is 6.42 Å². The summed E-state index contributed by atoms with van der Waals surface area (Å²) in [4.78, 5) is 11.3. The van der Waals surface area contributed by atoms with E-state index in [2.05, 4.69) is 0 Å². The summed E-state index contributed by atoms with van der Waals surface area (Å²) in [6.45, 7) is 3.76. The van der Waals surface area contributed by atoms with Crippen molar-refractivity contribution in [3.63, 3.8) is 0 Å². The summed E-state index contributed by atoms with van der Waals surface area (Å²) >= 11 is 0. The Kier molecular flexibility index (Phi) is 4.36. The van der Waals surface area contributed by atoms with E-state index in [0.29, 0.717) is 12.8 Å². The Balaban J connectivity index is 2.70. The standard InChI is InChI=1S/C13H24O3/c1-3-7-12(2,11(14)15)10-13(16)8-5-4-6-9-13/h16H,3-10H2,1-2H3,(H,14,15). The molecule has 1 atom stereocenters. The molecule has 3 heteroatoms. The summed E-state index contributed by atoms with van der Waals surface area (Å²) in [5.41, 5.74) is -1.50. The van der Waals surface area contributed by atoms with E-state index in [1.54, 1.807) is 6.92 Å². The van der Waals surface area contributed by atoms with Crippen LogP contribution in [0.3, 0.4) is 0 Å². The molecular weight excluding hydrogens is 204 g/mol. The minimum atomic E-state index is -0.770. The number of carbonyl (C=O) groups is 1. The third-order valence-electron chi connectivity index (χ3n) is 3.82. The summed E-state index contributed by atoms with van der Waals surface area (Å²) in [6, 6.07) is 0. The van der Waals surface area contributed by atoms with Crippen molar-refractivity contribution in [1.82, 2.24) is 0 Å².